The summed E-state index contributed by atoms with van der Waals surface area (Å²) in [6.45, 7) is 0. The van der Waals surface area contributed by atoms with E-state index in [1.54, 1.807) is 4.68 Å². The summed E-state index contributed by atoms with van der Waals surface area (Å²) in [6.07, 6.45) is 2.43. The van der Waals surface area contributed by atoms with Crippen molar-refractivity contribution in [1.82, 2.24) is 14.8 Å². The molecule has 2 heterocycles. The third-order valence-electron chi connectivity index (χ3n) is 5.24. The van der Waals surface area contributed by atoms with Crippen LogP contribution < -0.4 is 4.74 Å². The molecule has 0 aliphatic carbocycles. The Kier molecular flexibility index (Phi) is 6.87. The van der Waals surface area contributed by atoms with Crippen LogP contribution in [0.4, 0.5) is 0 Å². The van der Waals surface area contributed by atoms with Crippen LogP contribution in [0.25, 0.3) is 16.4 Å². The number of nitroso groups, excluding NO2 is 1. The highest BCUT2D eigenvalue weighted by Gasteiger charge is 2.17. The predicted octanol–water partition coefficient (Wildman–Crippen LogP) is 6.85. The molecule has 5 rings (SSSR count). The largest absolute Gasteiger partial charge is 0.476 e. The molecule has 0 atom stereocenters. The van der Waals surface area contributed by atoms with E-state index in [2.05, 4.69) is 9.57 Å². The number of para-hydroxylation sites is 1. The van der Waals surface area contributed by atoms with Crippen LogP contribution in [0.5, 0.6) is 11.5 Å². The number of aromatic carboxylic acids is 1. The van der Waals surface area contributed by atoms with Gasteiger partial charge in [0.25, 0.3) is 0 Å². The molecule has 10 heteroatoms. The Morgan fingerprint density at radius 1 is 1.03 bits per heavy atom. The fraction of sp³-hybridized carbons (Fsp3) is 0.0385. The van der Waals surface area contributed by atoms with E-state index in [9.17, 15) is 14.8 Å². The summed E-state index contributed by atoms with van der Waals surface area (Å²) in [4.78, 5) is 26.8. The minimum Gasteiger partial charge on any atom is -0.476 e. The van der Waals surface area contributed by atoms with Crippen LogP contribution in [0.2, 0.25) is 0 Å². The number of carboxylic acids is 1. The molecule has 0 unspecified atom stereocenters. The van der Waals surface area contributed by atoms with Crippen molar-refractivity contribution in [3.05, 3.63) is 112 Å². The van der Waals surface area contributed by atoms with Gasteiger partial charge in [-0.1, -0.05) is 42.5 Å². The molecule has 1 N–H and O–H groups in total. The Morgan fingerprint density at radius 2 is 1.81 bits per heavy atom. The summed E-state index contributed by atoms with van der Waals surface area (Å²) in [5.74, 6) is 0.315. The molecule has 0 fully saturated rings. The van der Waals surface area contributed by atoms with Crippen molar-refractivity contribution in [2.45, 2.75) is 11.3 Å². The van der Waals surface area contributed by atoms with Gasteiger partial charge in [-0.05, 0) is 42.0 Å². The maximum Gasteiger partial charge on any atom is 0.355 e. The van der Waals surface area contributed by atoms with Crippen LogP contribution in [0, 0.1) is 4.91 Å². The van der Waals surface area contributed by atoms with Gasteiger partial charge in [-0.3, -0.25) is 0 Å². The smallest absolute Gasteiger partial charge is 0.355 e. The average Bonchev–Trinajstić information content (AvgIpc) is 3.54. The third-order valence-corrected chi connectivity index (χ3v) is 6.63. The first kappa shape index (κ1) is 23.5. The lowest BCUT2D eigenvalue weighted by Crippen LogP contribution is -1.99. The Labute approximate surface area is 214 Å². The zero-order valence-electron chi connectivity index (χ0n) is 18.6. The maximum atomic E-state index is 11.3. The Morgan fingerprint density at radius 3 is 2.53 bits per heavy atom. The van der Waals surface area contributed by atoms with Crippen LogP contribution in [-0.2, 0) is 6.42 Å². The summed E-state index contributed by atoms with van der Waals surface area (Å²) in [5.41, 5.74) is 3.50. The molecular weight excluding hydrogens is 496 g/mol. The number of hydrogen-bond donors (Lipinski definition) is 1. The lowest BCUT2D eigenvalue weighted by atomic mass is 10.0. The summed E-state index contributed by atoms with van der Waals surface area (Å²) in [6, 6.07) is 24.7. The first-order valence-electron chi connectivity index (χ1n) is 10.8. The van der Waals surface area contributed by atoms with Crippen LogP contribution in [0.3, 0.4) is 0 Å². The van der Waals surface area contributed by atoms with Crippen LogP contribution in [-0.4, -0.2) is 25.8 Å². The Hall–Kier alpha value is -4.28. The number of thiazole rings is 1. The summed E-state index contributed by atoms with van der Waals surface area (Å²) < 4.78 is 10.5. The maximum absolute atomic E-state index is 11.3. The van der Waals surface area contributed by atoms with E-state index in [4.69, 9.17) is 9.84 Å². The van der Waals surface area contributed by atoms with Gasteiger partial charge in [0, 0.05) is 38.6 Å². The van der Waals surface area contributed by atoms with E-state index in [-0.39, 0.29) is 5.69 Å². The monoisotopic (exact) mass is 514 g/mol. The third kappa shape index (κ3) is 5.35. The number of nitrogens with zero attached hydrogens (tertiary/aromatic N) is 4. The van der Waals surface area contributed by atoms with Gasteiger partial charge < -0.3 is 9.84 Å². The second-order valence-corrected chi connectivity index (χ2v) is 9.34. The standard InChI is InChI=1S/C26H18N4O4S2/c31-25(32)23-16-35-26(27-23)30-15-19(13-17-9-11-22(12-10-17)36-29-33)24(28-30)18-5-4-8-21(14-18)34-20-6-2-1-3-7-20/h1-12,14-16H,13H2,(H,31,32). The molecule has 0 saturated heterocycles. The number of aromatic nitrogens is 3. The van der Waals surface area contributed by atoms with Crippen molar-refractivity contribution in [2.24, 2.45) is 4.58 Å². The lowest BCUT2D eigenvalue weighted by Gasteiger charge is -2.08. The van der Waals surface area contributed by atoms with Crippen molar-refractivity contribution in [3.63, 3.8) is 0 Å². The normalized spacial score (nSPS) is 10.8. The molecule has 2 aromatic heterocycles. The van der Waals surface area contributed by atoms with Gasteiger partial charge in [-0.2, -0.15) is 5.10 Å². The van der Waals surface area contributed by atoms with E-state index in [0.717, 1.165) is 45.0 Å². The molecule has 0 amide bonds. The Bertz CT molecular complexity index is 1510. The number of carboxylic acid groups (broad SMARTS) is 1. The molecule has 36 heavy (non-hydrogen) atoms. The molecule has 8 nitrogen and oxygen atoms in total. The quantitative estimate of drug-likeness (QED) is 0.169. The highest BCUT2D eigenvalue weighted by Crippen LogP contribution is 2.31. The molecule has 5 aromatic rings. The first-order valence-corrected chi connectivity index (χ1v) is 12.4. The lowest BCUT2D eigenvalue weighted by molar-refractivity contribution is 0.0691. The minimum atomic E-state index is -1.08. The Balaban J connectivity index is 1.52. The van der Waals surface area contributed by atoms with E-state index >= 15 is 0 Å². The fourth-order valence-corrected chi connectivity index (χ4v) is 4.68. The van der Waals surface area contributed by atoms with Gasteiger partial charge in [0.15, 0.2) is 5.69 Å². The first-order chi connectivity index (χ1) is 17.6. The molecule has 0 spiro atoms. The van der Waals surface area contributed by atoms with E-state index in [1.165, 1.54) is 16.7 Å². The number of benzene rings is 3. The van der Waals surface area contributed by atoms with Crippen molar-refractivity contribution in [3.8, 4) is 27.9 Å². The van der Waals surface area contributed by atoms with Crippen molar-refractivity contribution >= 4 is 29.3 Å². The van der Waals surface area contributed by atoms with Gasteiger partial charge in [-0.25, -0.2) is 14.5 Å². The number of ether oxygens (including phenoxy) is 1. The molecule has 0 radical (unpaired) electrons. The molecular formula is C26H18N4O4S2. The fourth-order valence-electron chi connectivity index (χ4n) is 3.61. The van der Waals surface area contributed by atoms with Gasteiger partial charge >= 0.3 is 5.97 Å². The molecule has 178 valence electrons. The van der Waals surface area contributed by atoms with Crippen LogP contribution in [0.1, 0.15) is 21.6 Å². The van der Waals surface area contributed by atoms with Crippen molar-refractivity contribution in [1.29, 1.82) is 0 Å². The molecule has 0 aliphatic heterocycles. The molecule has 0 aliphatic rings. The van der Waals surface area contributed by atoms with Crippen molar-refractivity contribution < 1.29 is 14.6 Å². The number of carbonyl (C=O) groups is 1. The van der Waals surface area contributed by atoms with E-state index in [0.29, 0.717) is 17.3 Å². The topological polar surface area (TPSA) is 107 Å². The van der Waals surface area contributed by atoms with Crippen LogP contribution >= 0.6 is 23.3 Å². The second-order valence-electron chi connectivity index (χ2n) is 7.70. The highest BCUT2D eigenvalue weighted by molar-refractivity contribution is 7.98. The van der Waals surface area contributed by atoms with E-state index < -0.39 is 5.97 Å². The summed E-state index contributed by atoms with van der Waals surface area (Å²) >= 11 is 2.09. The van der Waals surface area contributed by atoms with Gasteiger partial charge in [-0.15, -0.1) is 16.2 Å². The molecule has 0 bridgehead atoms. The number of rotatable bonds is 9. The van der Waals surface area contributed by atoms with Gasteiger partial charge in [0.05, 0.1) is 17.6 Å². The zero-order valence-corrected chi connectivity index (χ0v) is 20.3. The van der Waals surface area contributed by atoms with Gasteiger partial charge in [0.1, 0.15) is 11.5 Å². The molecule has 0 saturated carbocycles. The SMILES string of the molecule is O=NSc1ccc(Cc2cn(-c3nc(C(=O)O)cs3)nc2-c2cccc(Oc3ccccc3)c2)cc1. The number of hydrogen-bond acceptors (Lipinski definition) is 8. The highest BCUT2D eigenvalue weighted by atomic mass is 32.2. The minimum absolute atomic E-state index is 0.0243. The zero-order chi connectivity index (χ0) is 24.9. The average molecular weight is 515 g/mol. The molecule has 3 aromatic carbocycles. The van der Waals surface area contributed by atoms with Crippen molar-refractivity contribution in [2.75, 3.05) is 0 Å². The summed E-state index contributed by atoms with van der Waals surface area (Å²) in [5, 5.41) is 16.0. The van der Waals surface area contributed by atoms with E-state index in [1.807, 2.05) is 85.1 Å². The predicted molar refractivity (Wildman–Crippen MR) is 139 cm³/mol. The van der Waals surface area contributed by atoms with Crippen LogP contribution in [0.15, 0.2) is 99.9 Å². The second kappa shape index (κ2) is 10.5. The summed E-state index contributed by atoms with van der Waals surface area (Å²) in [7, 11) is 0. The van der Waals surface area contributed by atoms with Gasteiger partial charge in [0.2, 0.25) is 5.13 Å².